The summed E-state index contributed by atoms with van der Waals surface area (Å²) >= 11 is 6.35. The predicted octanol–water partition coefficient (Wildman–Crippen LogP) is 4.73. The van der Waals surface area contributed by atoms with Crippen LogP contribution in [0.1, 0.15) is 50.0 Å². The number of hydrogen-bond donors (Lipinski definition) is 1. The lowest BCUT2D eigenvalue weighted by atomic mass is 9.93. The minimum atomic E-state index is -0.434. The molecule has 35 heavy (non-hydrogen) atoms. The Balaban J connectivity index is 1.45. The summed E-state index contributed by atoms with van der Waals surface area (Å²) in [4.78, 5) is 35.2. The molecule has 4 rings (SSSR count). The first-order chi connectivity index (χ1) is 16.7. The van der Waals surface area contributed by atoms with Crippen LogP contribution in [0.3, 0.4) is 0 Å². The Morgan fingerprint density at radius 1 is 1.17 bits per heavy atom. The molecule has 0 radical (unpaired) electrons. The fourth-order valence-corrected chi connectivity index (χ4v) is 4.28. The number of esters is 1. The molecule has 10 heteroatoms. The van der Waals surface area contributed by atoms with E-state index in [2.05, 4.69) is 20.4 Å². The summed E-state index contributed by atoms with van der Waals surface area (Å²) in [5.41, 5.74) is 1.96. The molecule has 0 bridgehead atoms. The molecule has 1 saturated heterocycles. The number of rotatable bonds is 5. The maximum Gasteiger partial charge on any atom is 0.337 e. The van der Waals surface area contributed by atoms with Crippen LogP contribution in [0.5, 0.6) is 0 Å². The Morgan fingerprint density at radius 3 is 2.60 bits per heavy atom. The van der Waals surface area contributed by atoms with Gasteiger partial charge in [-0.2, -0.15) is 5.10 Å². The number of carbonyl (C=O) groups is 2. The van der Waals surface area contributed by atoms with E-state index in [0.29, 0.717) is 27.8 Å². The Bertz CT molecular complexity index is 1230. The fourth-order valence-electron chi connectivity index (χ4n) is 4.08. The first kappa shape index (κ1) is 24.7. The van der Waals surface area contributed by atoms with Crippen LogP contribution in [0, 0.1) is 5.41 Å². The van der Waals surface area contributed by atoms with Crippen molar-refractivity contribution in [2.24, 2.45) is 5.41 Å². The average Bonchev–Trinajstić information content (AvgIpc) is 3.32. The van der Waals surface area contributed by atoms with Gasteiger partial charge in [-0.05, 0) is 25.0 Å². The highest BCUT2D eigenvalue weighted by Crippen LogP contribution is 2.29. The minimum absolute atomic E-state index is 0.187. The number of methoxy groups -OCH3 is 1. The van der Waals surface area contributed by atoms with Crippen molar-refractivity contribution < 1.29 is 14.3 Å². The molecule has 1 amide bonds. The van der Waals surface area contributed by atoms with Crippen molar-refractivity contribution in [2.45, 2.75) is 39.7 Å². The molecule has 0 saturated carbocycles. The third kappa shape index (κ3) is 5.62. The number of nitrogens with zero attached hydrogens (tertiary/aromatic N) is 5. The summed E-state index contributed by atoms with van der Waals surface area (Å²) in [5.74, 6) is 0.112. The van der Waals surface area contributed by atoms with Crippen LogP contribution >= 0.6 is 11.6 Å². The topological polar surface area (TPSA) is 102 Å². The van der Waals surface area contributed by atoms with Crippen molar-refractivity contribution in [3.63, 3.8) is 0 Å². The van der Waals surface area contributed by atoms with Crippen molar-refractivity contribution in [3.05, 3.63) is 53.4 Å². The Labute approximate surface area is 209 Å². The number of amides is 1. The lowest BCUT2D eigenvalue weighted by Crippen LogP contribution is -2.44. The summed E-state index contributed by atoms with van der Waals surface area (Å²) in [6, 6.07) is 7.13. The van der Waals surface area contributed by atoms with Crippen molar-refractivity contribution in [3.8, 4) is 11.3 Å². The summed E-state index contributed by atoms with van der Waals surface area (Å²) in [6.45, 7) is 7.29. The molecule has 0 aliphatic carbocycles. The van der Waals surface area contributed by atoms with Crippen LogP contribution in [0.15, 0.2) is 42.9 Å². The van der Waals surface area contributed by atoms with Crippen LogP contribution in [-0.2, 0) is 9.53 Å². The number of ether oxygens (including phenoxy) is 1. The molecule has 1 fully saturated rings. The van der Waals surface area contributed by atoms with E-state index in [1.54, 1.807) is 24.4 Å². The van der Waals surface area contributed by atoms with E-state index in [-0.39, 0.29) is 17.4 Å². The van der Waals surface area contributed by atoms with Gasteiger partial charge in [0.15, 0.2) is 0 Å². The second-order valence-corrected chi connectivity index (χ2v) is 9.98. The quantitative estimate of drug-likeness (QED) is 0.509. The number of carbonyl (C=O) groups excluding carboxylic acids is 2. The number of nitrogens with one attached hydrogen (secondary N) is 1. The highest BCUT2D eigenvalue weighted by atomic mass is 35.5. The Morgan fingerprint density at radius 2 is 1.91 bits per heavy atom. The van der Waals surface area contributed by atoms with Gasteiger partial charge < -0.3 is 15.0 Å². The molecule has 9 nitrogen and oxygen atoms in total. The maximum atomic E-state index is 12.5. The molecule has 0 atom stereocenters. The van der Waals surface area contributed by atoms with Crippen LogP contribution < -0.4 is 5.32 Å². The van der Waals surface area contributed by atoms with E-state index in [4.69, 9.17) is 16.3 Å². The van der Waals surface area contributed by atoms with Gasteiger partial charge in [0, 0.05) is 30.3 Å². The molecule has 0 spiro atoms. The first-order valence-corrected chi connectivity index (χ1v) is 11.9. The molecular weight excluding hydrogens is 468 g/mol. The second kappa shape index (κ2) is 10.0. The molecule has 2 aromatic heterocycles. The number of halogens is 1. The van der Waals surface area contributed by atoms with Crippen molar-refractivity contribution >= 4 is 35.1 Å². The summed E-state index contributed by atoms with van der Waals surface area (Å²) in [7, 11) is 1.34. The third-order valence-electron chi connectivity index (χ3n) is 5.93. The molecule has 1 aliphatic heterocycles. The van der Waals surface area contributed by atoms with Crippen LogP contribution in [0.4, 0.5) is 11.6 Å². The van der Waals surface area contributed by atoms with Crippen molar-refractivity contribution in [1.29, 1.82) is 0 Å². The van der Waals surface area contributed by atoms with E-state index in [0.717, 1.165) is 31.6 Å². The van der Waals surface area contributed by atoms with Gasteiger partial charge in [0.25, 0.3) is 0 Å². The zero-order chi connectivity index (χ0) is 25.2. The minimum Gasteiger partial charge on any atom is -0.465 e. The van der Waals surface area contributed by atoms with Gasteiger partial charge in [-0.3, -0.25) is 9.48 Å². The Kier molecular flexibility index (Phi) is 7.07. The molecule has 0 unspecified atom stereocenters. The number of aromatic nitrogens is 4. The summed E-state index contributed by atoms with van der Waals surface area (Å²) in [5, 5.41) is 8.05. The first-order valence-electron chi connectivity index (χ1n) is 11.5. The second-order valence-electron chi connectivity index (χ2n) is 9.57. The lowest BCUT2D eigenvalue weighted by Gasteiger charge is -2.35. The normalized spacial score (nSPS) is 14.6. The van der Waals surface area contributed by atoms with Gasteiger partial charge in [-0.15, -0.1) is 0 Å². The molecule has 1 aromatic carbocycles. The number of benzene rings is 1. The van der Waals surface area contributed by atoms with Crippen LogP contribution in [0.25, 0.3) is 11.3 Å². The molecule has 1 aliphatic rings. The van der Waals surface area contributed by atoms with E-state index < -0.39 is 5.97 Å². The van der Waals surface area contributed by atoms with E-state index in [1.165, 1.54) is 13.3 Å². The smallest absolute Gasteiger partial charge is 0.337 e. The number of likely N-dealkylation sites (tertiary alicyclic amines) is 1. The van der Waals surface area contributed by atoms with Gasteiger partial charge in [-0.25, -0.2) is 14.8 Å². The van der Waals surface area contributed by atoms with Crippen molar-refractivity contribution in [1.82, 2.24) is 24.6 Å². The molecular formula is C25H29ClN6O3. The summed E-state index contributed by atoms with van der Waals surface area (Å²) < 4.78 is 6.73. The zero-order valence-corrected chi connectivity index (χ0v) is 21.0. The maximum absolute atomic E-state index is 12.5. The van der Waals surface area contributed by atoms with Gasteiger partial charge >= 0.3 is 5.97 Å². The predicted molar refractivity (Wildman–Crippen MR) is 134 cm³/mol. The zero-order valence-electron chi connectivity index (χ0n) is 20.3. The number of anilines is 2. The standard InChI is InChI=1S/C25H29ClN6O3/c1-25(2,3)23(34)31-10-8-19(9-11-31)32-15-18(13-28-32)29-24-27-14-20(26)21(30-24)16-6-5-7-17(12-16)22(33)35-4/h5-7,12-15,19H,8-11H2,1-4H3,(H,27,29,30). The molecule has 3 heterocycles. The largest absolute Gasteiger partial charge is 0.465 e. The van der Waals surface area contributed by atoms with Gasteiger partial charge in [0.05, 0.1) is 47.5 Å². The SMILES string of the molecule is COC(=O)c1cccc(-c2nc(Nc3cnn(C4CCN(C(=O)C(C)(C)C)CC4)c3)ncc2Cl)c1. The lowest BCUT2D eigenvalue weighted by molar-refractivity contribution is -0.140. The van der Waals surface area contributed by atoms with Crippen molar-refractivity contribution in [2.75, 3.05) is 25.5 Å². The van der Waals surface area contributed by atoms with E-state index in [1.807, 2.05) is 42.6 Å². The van der Waals surface area contributed by atoms with Gasteiger partial charge in [0.1, 0.15) is 0 Å². The monoisotopic (exact) mass is 496 g/mol. The molecule has 184 valence electrons. The molecule has 3 aromatic rings. The average molecular weight is 497 g/mol. The highest BCUT2D eigenvalue weighted by Gasteiger charge is 2.31. The van der Waals surface area contributed by atoms with E-state index in [9.17, 15) is 9.59 Å². The highest BCUT2D eigenvalue weighted by molar-refractivity contribution is 6.32. The number of piperidine rings is 1. The molecule has 1 N–H and O–H groups in total. The van der Waals surface area contributed by atoms with Crippen LogP contribution in [0.2, 0.25) is 5.02 Å². The summed E-state index contributed by atoms with van der Waals surface area (Å²) in [6.07, 6.45) is 6.86. The number of hydrogen-bond acceptors (Lipinski definition) is 7. The van der Waals surface area contributed by atoms with Gasteiger partial charge in [-0.1, -0.05) is 44.5 Å². The fraction of sp³-hybridized carbons (Fsp3) is 0.400. The Hall–Kier alpha value is -3.46. The van der Waals surface area contributed by atoms with E-state index >= 15 is 0 Å². The van der Waals surface area contributed by atoms with Gasteiger partial charge in [0.2, 0.25) is 11.9 Å². The van der Waals surface area contributed by atoms with Crippen LogP contribution in [-0.4, -0.2) is 56.7 Å². The third-order valence-corrected chi connectivity index (χ3v) is 6.20.